The van der Waals surface area contributed by atoms with Gasteiger partial charge in [-0.3, -0.25) is 4.90 Å². The Labute approximate surface area is 81.0 Å². The number of rotatable bonds is 3. The van der Waals surface area contributed by atoms with Crippen LogP contribution in [0.25, 0.3) is 0 Å². The van der Waals surface area contributed by atoms with E-state index in [1.54, 1.807) is 0 Å². The third kappa shape index (κ3) is 2.93. The number of likely N-dealkylation sites (N-methyl/N-ethyl adjacent to an activating group) is 1. The lowest BCUT2D eigenvalue weighted by atomic mass is 10.0. The first kappa shape index (κ1) is 11.0. The van der Waals surface area contributed by atoms with Crippen LogP contribution in [0, 0.1) is 0 Å². The molecule has 1 aliphatic heterocycles. The van der Waals surface area contributed by atoms with Crippen molar-refractivity contribution in [3.8, 4) is 0 Å². The first-order valence-electron chi connectivity index (χ1n) is 4.95. The summed E-state index contributed by atoms with van der Waals surface area (Å²) < 4.78 is 11.1. The maximum atomic E-state index is 5.63. The standard InChI is InChI=1S/C10H21NO2/c1-9(2)13-8-10(3)7-12-6-5-11(10)4/h9H,5-8H2,1-4H3. The molecule has 0 aromatic heterocycles. The molecule has 0 aromatic carbocycles. The molecule has 1 atom stereocenters. The van der Waals surface area contributed by atoms with Gasteiger partial charge in [0.2, 0.25) is 0 Å². The molecule has 3 nitrogen and oxygen atoms in total. The van der Waals surface area contributed by atoms with Gasteiger partial charge in [-0.05, 0) is 27.8 Å². The van der Waals surface area contributed by atoms with Gasteiger partial charge in [0, 0.05) is 6.54 Å². The molecule has 0 saturated carbocycles. The normalized spacial score (nSPS) is 31.2. The van der Waals surface area contributed by atoms with Gasteiger partial charge < -0.3 is 9.47 Å². The molecule has 0 radical (unpaired) electrons. The van der Waals surface area contributed by atoms with E-state index >= 15 is 0 Å². The summed E-state index contributed by atoms with van der Waals surface area (Å²) in [5.74, 6) is 0. The van der Waals surface area contributed by atoms with Gasteiger partial charge in [-0.1, -0.05) is 0 Å². The van der Waals surface area contributed by atoms with Gasteiger partial charge in [0.1, 0.15) is 0 Å². The first-order chi connectivity index (χ1) is 6.04. The van der Waals surface area contributed by atoms with Gasteiger partial charge in [-0.25, -0.2) is 0 Å². The van der Waals surface area contributed by atoms with Crippen LogP contribution in [-0.4, -0.2) is 50.0 Å². The number of ether oxygens (including phenoxy) is 2. The van der Waals surface area contributed by atoms with Crippen molar-refractivity contribution in [3.05, 3.63) is 0 Å². The molecule has 1 unspecified atom stereocenters. The molecule has 0 spiro atoms. The third-order valence-electron chi connectivity index (χ3n) is 2.63. The highest BCUT2D eigenvalue weighted by atomic mass is 16.5. The molecule has 0 bridgehead atoms. The summed E-state index contributed by atoms with van der Waals surface area (Å²) in [7, 11) is 2.13. The number of hydrogen-bond donors (Lipinski definition) is 0. The summed E-state index contributed by atoms with van der Waals surface area (Å²) in [4.78, 5) is 2.32. The average Bonchev–Trinajstić information content (AvgIpc) is 2.07. The van der Waals surface area contributed by atoms with Crippen LogP contribution in [0.2, 0.25) is 0 Å². The second-order valence-electron chi connectivity index (χ2n) is 4.33. The summed E-state index contributed by atoms with van der Waals surface area (Å²) in [6, 6.07) is 0. The maximum Gasteiger partial charge on any atom is 0.0673 e. The van der Waals surface area contributed by atoms with Crippen LogP contribution in [0.5, 0.6) is 0 Å². The van der Waals surface area contributed by atoms with Crippen LogP contribution >= 0.6 is 0 Å². The minimum absolute atomic E-state index is 0.0581. The molecule has 1 fully saturated rings. The number of nitrogens with zero attached hydrogens (tertiary/aromatic N) is 1. The molecule has 78 valence electrons. The molecule has 1 saturated heterocycles. The zero-order chi connectivity index (χ0) is 9.90. The molecule has 0 aliphatic carbocycles. The fourth-order valence-corrected chi connectivity index (χ4v) is 1.37. The van der Waals surface area contributed by atoms with Crippen LogP contribution in [-0.2, 0) is 9.47 Å². The lowest BCUT2D eigenvalue weighted by molar-refractivity contribution is -0.0944. The zero-order valence-electron chi connectivity index (χ0n) is 9.17. The van der Waals surface area contributed by atoms with Crippen molar-refractivity contribution in [1.82, 2.24) is 4.90 Å². The van der Waals surface area contributed by atoms with Crippen molar-refractivity contribution < 1.29 is 9.47 Å². The van der Waals surface area contributed by atoms with Crippen LogP contribution in [0.3, 0.4) is 0 Å². The topological polar surface area (TPSA) is 21.7 Å². The molecular formula is C10H21NO2. The molecule has 0 N–H and O–H groups in total. The Bertz CT molecular complexity index is 161. The highest BCUT2D eigenvalue weighted by Crippen LogP contribution is 2.18. The monoisotopic (exact) mass is 187 g/mol. The van der Waals surface area contributed by atoms with Crippen LogP contribution < -0.4 is 0 Å². The molecule has 1 aliphatic rings. The van der Waals surface area contributed by atoms with Crippen LogP contribution in [0.4, 0.5) is 0 Å². The van der Waals surface area contributed by atoms with E-state index in [1.807, 2.05) is 0 Å². The van der Waals surface area contributed by atoms with Crippen molar-refractivity contribution in [2.75, 3.05) is 33.4 Å². The van der Waals surface area contributed by atoms with Crippen molar-refractivity contribution in [2.24, 2.45) is 0 Å². The lowest BCUT2D eigenvalue weighted by Gasteiger charge is -2.42. The second-order valence-corrected chi connectivity index (χ2v) is 4.33. The minimum Gasteiger partial charge on any atom is -0.378 e. The summed E-state index contributed by atoms with van der Waals surface area (Å²) >= 11 is 0. The van der Waals surface area contributed by atoms with E-state index in [9.17, 15) is 0 Å². The minimum atomic E-state index is 0.0581. The van der Waals surface area contributed by atoms with Crippen LogP contribution in [0.15, 0.2) is 0 Å². The van der Waals surface area contributed by atoms with Crippen molar-refractivity contribution in [1.29, 1.82) is 0 Å². The predicted octanol–water partition coefficient (Wildman–Crippen LogP) is 1.13. The quantitative estimate of drug-likeness (QED) is 0.661. The van der Waals surface area contributed by atoms with E-state index in [1.165, 1.54) is 0 Å². The van der Waals surface area contributed by atoms with Gasteiger partial charge in [-0.2, -0.15) is 0 Å². The van der Waals surface area contributed by atoms with Gasteiger partial charge in [0.15, 0.2) is 0 Å². The number of morpholine rings is 1. The van der Waals surface area contributed by atoms with Crippen molar-refractivity contribution in [2.45, 2.75) is 32.4 Å². The van der Waals surface area contributed by atoms with E-state index < -0.39 is 0 Å². The lowest BCUT2D eigenvalue weighted by Crippen LogP contribution is -2.56. The van der Waals surface area contributed by atoms with Gasteiger partial charge in [0.25, 0.3) is 0 Å². The Kier molecular flexibility index (Phi) is 3.71. The van der Waals surface area contributed by atoms with Crippen molar-refractivity contribution >= 4 is 0 Å². The highest BCUT2D eigenvalue weighted by Gasteiger charge is 2.33. The number of hydrogen-bond acceptors (Lipinski definition) is 3. The largest absolute Gasteiger partial charge is 0.378 e. The molecule has 13 heavy (non-hydrogen) atoms. The Hall–Kier alpha value is -0.120. The van der Waals surface area contributed by atoms with E-state index in [2.05, 4.69) is 32.7 Å². The smallest absolute Gasteiger partial charge is 0.0673 e. The predicted molar refractivity (Wildman–Crippen MR) is 52.9 cm³/mol. The molecule has 3 heteroatoms. The third-order valence-corrected chi connectivity index (χ3v) is 2.63. The average molecular weight is 187 g/mol. The second kappa shape index (κ2) is 4.40. The zero-order valence-corrected chi connectivity index (χ0v) is 9.17. The first-order valence-corrected chi connectivity index (χ1v) is 4.95. The van der Waals surface area contributed by atoms with Crippen LogP contribution in [0.1, 0.15) is 20.8 Å². The van der Waals surface area contributed by atoms with E-state index in [4.69, 9.17) is 9.47 Å². The van der Waals surface area contributed by atoms with Gasteiger partial charge in [0.05, 0.1) is 31.5 Å². The fraction of sp³-hybridized carbons (Fsp3) is 1.00. The molecule has 0 aromatic rings. The van der Waals surface area contributed by atoms with E-state index in [0.29, 0.717) is 6.10 Å². The summed E-state index contributed by atoms with van der Waals surface area (Å²) in [6.45, 7) is 9.68. The maximum absolute atomic E-state index is 5.63. The highest BCUT2D eigenvalue weighted by molar-refractivity contribution is 4.87. The molecule has 1 rings (SSSR count). The Morgan fingerprint density at radius 3 is 2.77 bits per heavy atom. The molecule has 1 heterocycles. The molecular weight excluding hydrogens is 166 g/mol. The molecule has 0 amide bonds. The van der Waals surface area contributed by atoms with E-state index in [0.717, 1.165) is 26.4 Å². The Morgan fingerprint density at radius 1 is 1.54 bits per heavy atom. The van der Waals surface area contributed by atoms with E-state index in [-0.39, 0.29) is 5.54 Å². The fourth-order valence-electron chi connectivity index (χ4n) is 1.37. The summed E-state index contributed by atoms with van der Waals surface area (Å²) in [5, 5.41) is 0. The van der Waals surface area contributed by atoms with Gasteiger partial charge >= 0.3 is 0 Å². The Balaban J connectivity index is 2.42. The Morgan fingerprint density at radius 2 is 2.23 bits per heavy atom. The van der Waals surface area contributed by atoms with Crippen molar-refractivity contribution in [3.63, 3.8) is 0 Å². The summed E-state index contributed by atoms with van der Waals surface area (Å²) in [6.07, 6.45) is 0.298. The SMILES string of the molecule is CC(C)OCC1(C)COCCN1C. The van der Waals surface area contributed by atoms with Gasteiger partial charge in [-0.15, -0.1) is 0 Å². The summed E-state index contributed by atoms with van der Waals surface area (Å²) in [5.41, 5.74) is 0.0581.